The van der Waals surface area contributed by atoms with Gasteiger partial charge >= 0.3 is 6.03 Å². The number of hydrogen-bond acceptors (Lipinski definition) is 2. The summed E-state index contributed by atoms with van der Waals surface area (Å²) in [5.41, 5.74) is 0.959. The van der Waals surface area contributed by atoms with Crippen LogP contribution in [0.15, 0.2) is 18.2 Å². The van der Waals surface area contributed by atoms with Crippen LogP contribution in [0.3, 0.4) is 0 Å². The monoisotopic (exact) mass is 343 g/mol. The van der Waals surface area contributed by atoms with E-state index < -0.39 is 0 Å². The molecule has 7 heteroatoms. The standard InChI is InChI=1S/C15H19Cl2N3O2/c1-19(2)14(21)9-18-15(22)20-7-3-4-13(20)10-5-6-11(16)12(17)8-10/h5-6,8,13H,3-4,7,9H2,1-2H3,(H,18,22)/t13-/m1/s1. The van der Waals surface area contributed by atoms with Crippen molar-refractivity contribution < 1.29 is 9.59 Å². The Bertz CT molecular complexity index is 578. The zero-order chi connectivity index (χ0) is 16.3. The fourth-order valence-electron chi connectivity index (χ4n) is 2.49. The summed E-state index contributed by atoms with van der Waals surface area (Å²) in [6, 6.07) is 5.15. The van der Waals surface area contributed by atoms with Crippen LogP contribution in [0.25, 0.3) is 0 Å². The van der Waals surface area contributed by atoms with E-state index in [4.69, 9.17) is 23.2 Å². The summed E-state index contributed by atoms with van der Waals surface area (Å²) in [6.45, 7) is 0.656. The lowest BCUT2D eigenvalue weighted by Crippen LogP contribution is -2.43. The van der Waals surface area contributed by atoms with Crippen molar-refractivity contribution in [3.8, 4) is 0 Å². The summed E-state index contributed by atoms with van der Waals surface area (Å²) in [5, 5.41) is 3.65. The van der Waals surface area contributed by atoms with Gasteiger partial charge in [-0.3, -0.25) is 4.79 Å². The quantitative estimate of drug-likeness (QED) is 0.917. The van der Waals surface area contributed by atoms with Gasteiger partial charge in [0.2, 0.25) is 5.91 Å². The molecule has 1 heterocycles. The number of hydrogen-bond donors (Lipinski definition) is 1. The number of benzene rings is 1. The number of rotatable bonds is 3. The molecule has 2 rings (SSSR count). The van der Waals surface area contributed by atoms with E-state index >= 15 is 0 Å². The number of likely N-dealkylation sites (tertiary alicyclic amines) is 1. The van der Waals surface area contributed by atoms with Gasteiger partial charge in [0.15, 0.2) is 0 Å². The summed E-state index contributed by atoms with van der Waals surface area (Å²) < 4.78 is 0. The first kappa shape index (κ1) is 16.9. The summed E-state index contributed by atoms with van der Waals surface area (Å²) in [7, 11) is 3.31. The van der Waals surface area contributed by atoms with Crippen molar-refractivity contribution in [2.75, 3.05) is 27.2 Å². The second-order valence-corrected chi connectivity index (χ2v) is 6.29. The molecule has 5 nitrogen and oxygen atoms in total. The predicted octanol–water partition coefficient (Wildman–Crippen LogP) is 2.93. The molecule has 1 atom stereocenters. The zero-order valence-electron chi connectivity index (χ0n) is 12.6. The van der Waals surface area contributed by atoms with Crippen LogP contribution >= 0.6 is 23.2 Å². The van der Waals surface area contributed by atoms with Gasteiger partial charge in [-0.1, -0.05) is 29.3 Å². The van der Waals surface area contributed by atoms with Crippen molar-refractivity contribution in [1.82, 2.24) is 15.1 Å². The van der Waals surface area contributed by atoms with Crippen LogP contribution in [0.1, 0.15) is 24.4 Å². The van der Waals surface area contributed by atoms with E-state index in [1.165, 1.54) is 4.90 Å². The fraction of sp³-hybridized carbons (Fsp3) is 0.467. The Hall–Kier alpha value is -1.46. The Morgan fingerprint density at radius 1 is 1.32 bits per heavy atom. The third-order valence-electron chi connectivity index (χ3n) is 3.73. The van der Waals surface area contributed by atoms with Crippen LogP contribution < -0.4 is 5.32 Å². The molecule has 1 aromatic rings. The average Bonchev–Trinajstić information content (AvgIpc) is 2.96. The second-order valence-electron chi connectivity index (χ2n) is 5.47. The van der Waals surface area contributed by atoms with Crippen LogP contribution in [0, 0.1) is 0 Å². The number of carbonyl (C=O) groups is 2. The Balaban J connectivity index is 2.05. The van der Waals surface area contributed by atoms with Crippen LogP contribution in [0.5, 0.6) is 0 Å². The zero-order valence-corrected chi connectivity index (χ0v) is 14.1. The van der Waals surface area contributed by atoms with Gasteiger partial charge in [-0.15, -0.1) is 0 Å². The lowest BCUT2D eigenvalue weighted by atomic mass is 10.0. The van der Waals surface area contributed by atoms with Crippen molar-refractivity contribution in [2.45, 2.75) is 18.9 Å². The van der Waals surface area contributed by atoms with Crippen molar-refractivity contribution in [1.29, 1.82) is 0 Å². The molecule has 1 aliphatic heterocycles. The number of nitrogens with one attached hydrogen (secondary N) is 1. The SMILES string of the molecule is CN(C)C(=O)CNC(=O)N1CCC[C@@H]1c1ccc(Cl)c(Cl)c1. The van der Waals surface area contributed by atoms with Gasteiger partial charge in [-0.2, -0.15) is 0 Å². The molecule has 0 spiro atoms. The first-order chi connectivity index (χ1) is 10.4. The minimum atomic E-state index is -0.233. The van der Waals surface area contributed by atoms with Crippen molar-refractivity contribution in [3.63, 3.8) is 0 Å². The fourth-order valence-corrected chi connectivity index (χ4v) is 2.79. The minimum Gasteiger partial charge on any atom is -0.347 e. The Kier molecular flexibility index (Phi) is 5.53. The Morgan fingerprint density at radius 2 is 2.05 bits per heavy atom. The molecule has 0 unspecified atom stereocenters. The third kappa shape index (κ3) is 3.84. The summed E-state index contributed by atoms with van der Waals surface area (Å²) in [4.78, 5) is 27.0. The summed E-state index contributed by atoms with van der Waals surface area (Å²) >= 11 is 12.0. The summed E-state index contributed by atoms with van der Waals surface area (Å²) in [6.07, 6.45) is 1.78. The van der Waals surface area contributed by atoms with Crippen molar-refractivity contribution >= 4 is 35.1 Å². The molecule has 0 aromatic heterocycles. The van der Waals surface area contributed by atoms with Crippen molar-refractivity contribution in [3.05, 3.63) is 33.8 Å². The highest BCUT2D eigenvalue weighted by Crippen LogP contribution is 2.34. The molecular weight excluding hydrogens is 325 g/mol. The van der Waals surface area contributed by atoms with Gasteiger partial charge < -0.3 is 15.1 Å². The molecule has 0 radical (unpaired) electrons. The maximum atomic E-state index is 12.3. The normalized spacial score (nSPS) is 17.5. The van der Waals surface area contributed by atoms with Gasteiger partial charge in [-0.25, -0.2) is 4.79 Å². The van der Waals surface area contributed by atoms with Gasteiger partial charge in [0.25, 0.3) is 0 Å². The second kappa shape index (κ2) is 7.20. The largest absolute Gasteiger partial charge is 0.347 e. The average molecular weight is 344 g/mol. The highest BCUT2D eigenvalue weighted by molar-refractivity contribution is 6.42. The Morgan fingerprint density at radius 3 is 2.68 bits per heavy atom. The predicted molar refractivity (Wildman–Crippen MR) is 87.2 cm³/mol. The van der Waals surface area contributed by atoms with Crippen molar-refractivity contribution in [2.24, 2.45) is 0 Å². The lowest BCUT2D eigenvalue weighted by Gasteiger charge is -2.25. The Labute approximate surface area is 140 Å². The highest BCUT2D eigenvalue weighted by atomic mass is 35.5. The van der Waals surface area contributed by atoms with E-state index in [9.17, 15) is 9.59 Å². The molecule has 0 saturated carbocycles. The van der Waals surface area contributed by atoms with Crippen LogP contribution in [-0.2, 0) is 4.79 Å². The molecule has 0 aliphatic carbocycles. The number of carbonyl (C=O) groups excluding carboxylic acids is 2. The van der Waals surface area contributed by atoms with Gasteiger partial charge in [0, 0.05) is 20.6 Å². The first-order valence-corrected chi connectivity index (χ1v) is 7.85. The number of amides is 3. The van der Waals surface area contributed by atoms with Crippen LogP contribution in [0.4, 0.5) is 4.79 Å². The molecular formula is C15H19Cl2N3O2. The van der Waals surface area contributed by atoms with Crippen LogP contribution in [-0.4, -0.2) is 48.9 Å². The number of halogens is 2. The van der Waals surface area contributed by atoms with Gasteiger partial charge in [0.1, 0.15) is 0 Å². The smallest absolute Gasteiger partial charge is 0.318 e. The van der Waals surface area contributed by atoms with E-state index in [2.05, 4.69) is 5.32 Å². The highest BCUT2D eigenvalue weighted by Gasteiger charge is 2.30. The molecule has 1 fully saturated rings. The van der Waals surface area contributed by atoms with Crippen LogP contribution in [0.2, 0.25) is 10.0 Å². The number of likely N-dealkylation sites (N-methyl/N-ethyl adjacent to an activating group) is 1. The topological polar surface area (TPSA) is 52.7 Å². The minimum absolute atomic E-state index is 0.00354. The number of urea groups is 1. The van der Waals surface area contributed by atoms with E-state index in [-0.39, 0.29) is 24.5 Å². The third-order valence-corrected chi connectivity index (χ3v) is 4.47. The van der Waals surface area contributed by atoms with E-state index in [1.807, 2.05) is 6.07 Å². The first-order valence-electron chi connectivity index (χ1n) is 7.09. The molecule has 1 saturated heterocycles. The summed E-state index contributed by atoms with van der Waals surface area (Å²) in [5.74, 6) is -0.140. The lowest BCUT2D eigenvalue weighted by molar-refractivity contribution is -0.127. The van der Waals surface area contributed by atoms with E-state index in [1.54, 1.807) is 31.1 Å². The molecule has 1 aromatic carbocycles. The molecule has 120 valence electrons. The van der Waals surface area contributed by atoms with Gasteiger partial charge in [-0.05, 0) is 30.5 Å². The maximum absolute atomic E-state index is 12.3. The van der Waals surface area contributed by atoms with E-state index in [0.29, 0.717) is 16.6 Å². The molecule has 0 bridgehead atoms. The van der Waals surface area contributed by atoms with E-state index in [0.717, 1.165) is 18.4 Å². The molecule has 1 N–H and O–H groups in total. The molecule has 3 amide bonds. The maximum Gasteiger partial charge on any atom is 0.318 e. The number of nitrogens with zero attached hydrogens (tertiary/aromatic N) is 2. The van der Waals surface area contributed by atoms with Gasteiger partial charge in [0.05, 0.1) is 22.6 Å². The molecule has 22 heavy (non-hydrogen) atoms. The molecule has 1 aliphatic rings.